The molecule has 3 saturated heterocycles. The third kappa shape index (κ3) is 17.4. The highest BCUT2D eigenvalue weighted by atomic mass is 35.5. The molecule has 2 aromatic carbocycles. The number of fused-ring (bicyclic) bond motifs is 5. The Balaban J connectivity index is 1.18. The third-order valence-electron chi connectivity index (χ3n) is 15.3. The molecule has 2 aromatic rings. The van der Waals surface area contributed by atoms with Crippen LogP contribution in [0, 0.1) is 5.92 Å². The molecule has 4 aliphatic heterocycles. The van der Waals surface area contributed by atoms with Gasteiger partial charge in [0.15, 0.2) is 5.72 Å². The molecule has 3 fully saturated rings. The van der Waals surface area contributed by atoms with Gasteiger partial charge in [-0.2, -0.15) is 0 Å². The van der Waals surface area contributed by atoms with Crippen LogP contribution in [0.15, 0.2) is 66.4 Å². The van der Waals surface area contributed by atoms with E-state index in [2.05, 4.69) is 38.5 Å². The van der Waals surface area contributed by atoms with Gasteiger partial charge >= 0.3 is 24.2 Å². The third-order valence-corrected chi connectivity index (χ3v) is 15.7. The molecule has 9 N–H and O–H groups in total. The van der Waals surface area contributed by atoms with Gasteiger partial charge in [0.1, 0.15) is 52.5 Å². The molecule has 6 rings (SSSR count). The first kappa shape index (κ1) is 67.2. The van der Waals surface area contributed by atoms with Gasteiger partial charge in [-0.3, -0.25) is 34.6 Å². The highest BCUT2D eigenvalue weighted by Crippen LogP contribution is 2.49. The smallest absolute Gasteiger partial charge is 0.412 e. The average molecular weight is 1220 g/mol. The van der Waals surface area contributed by atoms with Gasteiger partial charge in [0.2, 0.25) is 17.7 Å². The number of benzene rings is 2. The van der Waals surface area contributed by atoms with Gasteiger partial charge in [-0.05, 0) is 89.1 Å². The van der Waals surface area contributed by atoms with Crippen molar-refractivity contribution >= 4 is 82.4 Å². The molecule has 0 aliphatic carbocycles. The number of nitrogens with one attached hydrogen (secondary N) is 6. The van der Waals surface area contributed by atoms with E-state index in [4.69, 9.17) is 55.3 Å². The molecular weight excluding hydrogens is 1150 g/mol. The number of nitrogens with two attached hydrogens (primary N) is 1. The molecule has 0 radical (unpaired) electrons. The van der Waals surface area contributed by atoms with Crippen molar-refractivity contribution in [2.45, 2.75) is 152 Å². The Morgan fingerprint density at radius 3 is 2.30 bits per heavy atom. The number of carbonyl (C=O) groups is 9. The maximum absolute atomic E-state index is 14.5. The fraction of sp³-hybridized carbons (Fsp3) is 0.534. The summed E-state index contributed by atoms with van der Waals surface area (Å²) in [4.78, 5) is 124. The van der Waals surface area contributed by atoms with Crippen molar-refractivity contribution in [3.63, 3.8) is 0 Å². The molecular formula is C58H78ClN9O18. The van der Waals surface area contributed by atoms with Gasteiger partial charge in [-0.1, -0.05) is 48.9 Å². The summed E-state index contributed by atoms with van der Waals surface area (Å²) in [6.45, 7) is 11.0. The standard InChI is InChI=1S/C58H78ClN9O18/c1-31-15-13-18-43(82-10)58(78)30-42(83-56(77)66-58)33(3)51-57(5,85-51)44(29-47(71)67(6)39-26-35(25-31)27-41(81-9)49(39)59)84-55(76)63-36-20-21-37(40(28-36)80-8)64-52(73)38(17-14-24-61-54(60)75)65-53(74)50(34(4)79-7)62-32(2)16-11-12-19-48(72)86-68-45(69)22-23-46(68)70/h13,15,18,20-21,26-28,33-34,38,42-44,50-51,62,78H,2,11-12,14,16-17,19,22-25,29-30H2,1,3-10H3,(H,63,76)(H,64,73)(H,65,74)(H,66,77)(H3,60,61,75)/b18-13+,31-15+/t33-,34?,38+,42+,43-,44+,50+,51+,57+,58+/m1/s1. The topological polar surface area (TPSA) is 356 Å². The van der Waals surface area contributed by atoms with Crippen molar-refractivity contribution < 1.29 is 86.3 Å². The number of nitrogens with zero attached hydrogens (tertiary/aromatic N) is 2. The minimum Gasteiger partial charge on any atom is -0.495 e. The Labute approximate surface area is 503 Å². The van der Waals surface area contributed by atoms with Gasteiger partial charge in [0.25, 0.3) is 11.8 Å². The van der Waals surface area contributed by atoms with Crippen LogP contribution in [-0.2, 0) is 63.7 Å². The number of ether oxygens (including phenoxy) is 7. The monoisotopic (exact) mass is 1220 g/mol. The second-order valence-corrected chi connectivity index (χ2v) is 22.0. The fourth-order valence-electron chi connectivity index (χ4n) is 10.3. The van der Waals surface area contributed by atoms with E-state index in [0.717, 1.165) is 11.1 Å². The molecule has 4 bridgehead atoms. The van der Waals surface area contributed by atoms with Crippen LogP contribution < -0.4 is 52.0 Å². The van der Waals surface area contributed by atoms with Gasteiger partial charge < -0.3 is 75.0 Å². The van der Waals surface area contributed by atoms with E-state index in [-0.39, 0.29) is 67.2 Å². The molecule has 4 heterocycles. The lowest BCUT2D eigenvalue weighted by Crippen LogP contribution is -2.63. The van der Waals surface area contributed by atoms with Crippen LogP contribution in [0.5, 0.6) is 11.5 Å². The average Bonchev–Trinajstić information content (AvgIpc) is 1.65. The number of primary amides is 1. The Kier molecular flexibility index (Phi) is 23.3. The predicted octanol–water partition coefficient (Wildman–Crippen LogP) is 4.93. The van der Waals surface area contributed by atoms with Gasteiger partial charge in [0.05, 0.1) is 44.2 Å². The van der Waals surface area contributed by atoms with E-state index in [0.29, 0.717) is 47.9 Å². The van der Waals surface area contributed by atoms with E-state index < -0.39 is 120 Å². The SMILES string of the molecule is C=C(CCCCC(=O)ON1C(=O)CCC1=O)N[C@H](C(=O)N[C@@H](CCCNC(N)=O)C(=O)Nc1ccc(NC(=O)O[C@H]2CC(=O)N(C)c3cc(cc(OC)c3Cl)C/C(C)=C/C=C/[C@@H](OC)[C@@]3(O)C[C@H](OC(=O)N3)[C@@H](C)[C@@H]3O[C@@]23C)cc1OC)C(C)OC. The number of amides is 9. The van der Waals surface area contributed by atoms with Crippen LogP contribution in [0.25, 0.3) is 0 Å². The second-order valence-electron chi connectivity index (χ2n) is 21.6. The molecule has 4 aliphatic rings. The molecule has 9 amide bonds. The Morgan fingerprint density at radius 1 is 0.942 bits per heavy atom. The first-order valence-electron chi connectivity index (χ1n) is 28.0. The van der Waals surface area contributed by atoms with Gasteiger partial charge in [-0.15, -0.1) is 5.06 Å². The predicted molar refractivity (Wildman–Crippen MR) is 311 cm³/mol. The van der Waals surface area contributed by atoms with Crippen LogP contribution in [0.3, 0.4) is 0 Å². The molecule has 470 valence electrons. The first-order valence-corrected chi connectivity index (χ1v) is 28.3. The van der Waals surface area contributed by atoms with E-state index in [9.17, 15) is 48.3 Å². The van der Waals surface area contributed by atoms with E-state index in [1.54, 1.807) is 45.1 Å². The maximum atomic E-state index is 14.5. The minimum absolute atomic E-state index is 0.00907. The van der Waals surface area contributed by atoms with Crippen LogP contribution >= 0.6 is 11.6 Å². The summed E-state index contributed by atoms with van der Waals surface area (Å²) >= 11 is 6.84. The molecule has 1 unspecified atom stereocenters. The molecule has 28 heteroatoms. The van der Waals surface area contributed by atoms with Gasteiger partial charge in [-0.25, -0.2) is 19.2 Å². The number of anilines is 3. The zero-order valence-corrected chi connectivity index (χ0v) is 50.4. The van der Waals surface area contributed by atoms with Crippen molar-refractivity contribution in [2.24, 2.45) is 11.7 Å². The highest BCUT2D eigenvalue weighted by Gasteiger charge is 2.64. The lowest BCUT2D eigenvalue weighted by atomic mass is 9.83. The van der Waals surface area contributed by atoms with Crippen molar-refractivity contribution in [1.29, 1.82) is 0 Å². The Bertz CT molecular complexity index is 2950. The zero-order chi connectivity index (χ0) is 63.2. The van der Waals surface area contributed by atoms with Crippen molar-refractivity contribution in [3.05, 3.63) is 77.0 Å². The largest absolute Gasteiger partial charge is 0.495 e. The number of methoxy groups -OCH3 is 4. The number of unbranched alkanes of at least 4 members (excludes halogenated alkanes) is 1. The quantitative estimate of drug-likeness (QED) is 0.0415. The number of aliphatic hydroxyl groups is 1. The molecule has 0 saturated carbocycles. The Morgan fingerprint density at radius 2 is 1.64 bits per heavy atom. The van der Waals surface area contributed by atoms with Gasteiger partial charge in [0, 0.05) is 76.9 Å². The number of urea groups is 1. The van der Waals surface area contributed by atoms with E-state index in [1.807, 2.05) is 13.0 Å². The number of epoxide rings is 1. The number of hydrogen-bond acceptors (Lipinski definition) is 19. The van der Waals surface area contributed by atoms with Crippen LogP contribution in [0.4, 0.5) is 31.4 Å². The summed E-state index contributed by atoms with van der Waals surface area (Å²) in [5.41, 5.74) is 4.57. The maximum Gasteiger partial charge on any atom is 0.412 e. The van der Waals surface area contributed by atoms with E-state index in [1.165, 1.54) is 58.6 Å². The normalized spacial score (nSPS) is 25.1. The van der Waals surface area contributed by atoms with Crippen LogP contribution in [-0.4, -0.2) is 160 Å². The minimum atomic E-state index is -1.92. The summed E-state index contributed by atoms with van der Waals surface area (Å²) in [6, 6.07) is 4.67. The number of hydrogen-bond donors (Lipinski definition) is 8. The molecule has 10 atom stereocenters. The number of hydroxylamine groups is 2. The highest BCUT2D eigenvalue weighted by molar-refractivity contribution is 6.35. The lowest BCUT2D eigenvalue weighted by molar-refractivity contribution is -0.197. The molecule has 86 heavy (non-hydrogen) atoms. The number of halogens is 1. The second kappa shape index (κ2) is 29.9. The molecule has 27 nitrogen and oxygen atoms in total. The van der Waals surface area contributed by atoms with Crippen molar-refractivity contribution in [1.82, 2.24) is 26.3 Å². The molecule has 0 aromatic heterocycles. The Hall–Kier alpha value is -7.98. The van der Waals surface area contributed by atoms with E-state index >= 15 is 0 Å². The number of carbonyl (C=O) groups excluding carboxylic acids is 9. The lowest BCUT2D eigenvalue weighted by Gasteiger charge is -2.42. The fourth-order valence-corrected chi connectivity index (χ4v) is 10.6. The summed E-state index contributed by atoms with van der Waals surface area (Å²) in [5, 5.41) is 28.7. The zero-order valence-electron chi connectivity index (χ0n) is 49.7. The summed E-state index contributed by atoms with van der Waals surface area (Å²) in [5.74, 6) is -4.07. The summed E-state index contributed by atoms with van der Waals surface area (Å²) in [6.07, 6.45) is -0.698. The van der Waals surface area contributed by atoms with Crippen LogP contribution in [0.2, 0.25) is 5.02 Å². The molecule has 0 spiro atoms. The number of allylic oxidation sites excluding steroid dienone is 4. The number of imide groups is 1. The number of alkyl carbamates (subject to hydrolysis) is 1. The summed E-state index contributed by atoms with van der Waals surface area (Å²) < 4.78 is 40.6. The number of rotatable bonds is 23. The van der Waals surface area contributed by atoms with Crippen molar-refractivity contribution in [2.75, 3.05) is 57.6 Å². The van der Waals surface area contributed by atoms with Crippen LogP contribution in [0.1, 0.15) is 97.5 Å². The first-order chi connectivity index (χ1) is 40.7. The van der Waals surface area contributed by atoms with Crippen molar-refractivity contribution in [3.8, 4) is 11.5 Å². The summed E-state index contributed by atoms with van der Waals surface area (Å²) in [7, 11) is 7.09.